The molecular weight excluding hydrogens is 162 g/mol. The lowest BCUT2D eigenvalue weighted by Gasteiger charge is -2.15. The number of hydrogen-bond acceptors (Lipinski definition) is 2. The van der Waals surface area contributed by atoms with Crippen LogP contribution in [0.2, 0.25) is 0 Å². The molecule has 0 amide bonds. The number of aliphatic hydroxyl groups is 1. The quantitative estimate of drug-likeness (QED) is 0.736. The molecule has 0 saturated heterocycles. The van der Waals surface area contributed by atoms with Crippen molar-refractivity contribution in [1.82, 2.24) is 5.32 Å². The minimum Gasteiger partial charge on any atom is -0.395 e. The predicted octanol–water partition coefficient (Wildman–Crippen LogP) is 1.64. The Morgan fingerprint density at radius 1 is 1.38 bits per heavy atom. The minimum atomic E-state index is 0.191. The lowest BCUT2D eigenvalue weighted by molar-refractivity contribution is 0.286. The van der Waals surface area contributed by atoms with E-state index in [2.05, 4.69) is 31.3 Å². The van der Waals surface area contributed by atoms with E-state index < -0.39 is 0 Å². The van der Waals surface area contributed by atoms with Crippen LogP contribution in [0.1, 0.15) is 24.1 Å². The Balaban J connectivity index is 2.65. The summed E-state index contributed by atoms with van der Waals surface area (Å²) >= 11 is 0. The van der Waals surface area contributed by atoms with Gasteiger partial charge in [0.15, 0.2) is 0 Å². The average Bonchev–Trinajstić information content (AvgIpc) is 2.15. The molecule has 0 aliphatic heterocycles. The van der Waals surface area contributed by atoms with Crippen molar-refractivity contribution in [1.29, 1.82) is 0 Å². The van der Waals surface area contributed by atoms with Crippen LogP contribution in [0.5, 0.6) is 0 Å². The maximum atomic E-state index is 8.67. The van der Waals surface area contributed by atoms with E-state index in [1.807, 2.05) is 12.1 Å². The van der Waals surface area contributed by atoms with Crippen LogP contribution in [0.3, 0.4) is 0 Å². The summed E-state index contributed by atoms with van der Waals surface area (Å²) in [7, 11) is 0. The Morgan fingerprint density at radius 2 is 2.08 bits per heavy atom. The second-order valence-electron chi connectivity index (χ2n) is 3.26. The van der Waals surface area contributed by atoms with Crippen molar-refractivity contribution in [2.24, 2.45) is 0 Å². The molecule has 1 aromatic carbocycles. The Kier molecular flexibility index (Phi) is 3.93. The molecule has 0 saturated carbocycles. The van der Waals surface area contributed by atoms with Gasteiger partial charge in [0, 0.05) is 12.6 Å². The van der Waals surface area contributed by atoms with Gasteiger partial charge in [-0.3, -0.25) is 0 Å². The van der Waals surface area contributed by atoms with Gasteiger partial charge in [0.25, 0.3) is 0 Å². The number of hydrogen-bond donors (Lipinski definition) is 2. The topological polar surface area (TPSA) is 32.3 Å². The molecule has 2 heteroatoms. The highest BCUT2D eigenvalue weighted by atomic mass is 16.3. The van der Waals surface area contributed by atoms with Gasteiger partial charge in [0.1, 0.15) is 0 Å². The van der Waals surface area contributed by atoms with Crippen LogP contribution in [0.4, 0.5) is 0 Å². The zero-order chi connectivity index (χ0) is 9.68. The Morgan fingerprint density at radius 3 is 2.69 bits per heavy atom. The van der Waals surface area contributed by atoms with Gasteiger partial charge >= 0.3 is 0 Å². The fourth-order valence-corrected chi connectivity index (χ4v) is 1.46. The number of nitrogens with one attached hydrogen (secondary N) is 1. The van der Waals surface area contributed by atoms with Gasteiger partial charge < -0.3 is 10.4 Å². The molecule has 2 N–H and O–H groups in total. The van der Waals surface area contributed by atoms with E-state index >= 15 is 0 Å². The first-order valence-corrected chi connectivity index (χ1v) is 4.65. The van der Waals surface area contributed by atoms with E-state index in [-0.39, 0.29) is 6.61 Å². The molecule has 0 fully saturated rings. The Labute approximate surface area is 79.6 Å². The van der Waals surface area contributed by atoms with Gasteiger partial charge in [0.2, 0.25) is 0 Å². The highest BCUT2D eigenvalue weighted by Crippen LogP contribution is 2.15. The van der Waals surface area contributed by atoms with Crippen molar-refractivity contribution < 1.29 is 5.11 Å². The zero-order valence-electron chi connectivity index (χ0n) is 8.25. The van der Waals surface area contributed by atoms with Crippen LogP contribution < -0.4 is 5.32 Å². The first kappa shape index (κ1) is 10.2. The van der Waals surface area contributed by atoms with E-state index in [0.29, 0.717) is 12.6 Å². The Hall–Kier alpha value is -0.860. The van der Waals surface area contributed by atoms with E-state index in [0.717, 1.165) is 0 Å². The molecule has 0 aliphatic rings. The van der Waals surface area contributed by atoms with Gasteiger partial charge in [-0.15, -0.1) is 0 Å². The highest BCUT2D eigenvalue weighted by Gasteiger charge is 2.05. The summed E-state index contributed by atoms with van der Waals surface area (Å²) in [6, 6.07) is 8.61. The molecule has 0 unspecified atom stereocenters. The van der Waals surface area contributed by atoms with Crippen molar-refractivity contribution in [2.75, 3.05) is 13.2 Å². The maximum Gasteiger partial charge on any atom is 0.0556 e. The smallest absolute Gasteiger partial charge is 0.0556 e. The average molecular weight is 179 g/mol. The molecule has 0 spiro atoms. The molecule has 1 rings (SSSR count). The lowest BCUT2D eigenvalue weighted by atomic mass is 10.0. The molecular formula is C11H17NO. The fraction of sp³-hybridized carbons (Fsp3) is 0.455. The van der Waals surface area contributed by atoms with E-state index in [9.17, 15) is 0 Å². The summed E-state index contributed by atoms with van der Waals surface area (Å²) in [5.41, 5.74) is 2.59. The minimum absolute atomic E-state index is 0.191. The number of aryl methyl sites for hydroxylation is 1. The van der Waals surface area contributed by atoms with Crippen LogP contribution in [0.25, 0.3) is 0 Å². The third kappa shape index (κ3) is 2.83. The van der Waals surface area contributed by atoms with Crippen LogP contribution >= 0.6 is 0 Å². The van der Waals surface area contributed by atoms with Crippen LogP contribution in [-0.2, 0) is 0 Å². The van der Waals surface area contributed by atoms with Crippen LogP contribution in [-0.4, -0.2) is 18.3 Å². The van der Waals surface area contributed by atoms with E-state index in [1.54, 1.807) is 0 Å². The van der Waals surface area contributed by atoms with Crippen LogP contribution in [0.15, 0.2) is 24.3 Å². The zero-order valence-corrected chi connectivity index (χ0v) is 8.25. The third-order valence-electron chi connectivity index (χ3n) is 2.22. The monoisotopic (exact) mass is 179 g/mol. The summed E-state index contributed by atoms with van der Waals surface area (Å²) in [4.78, 5) is 0. The second-order valence-corrected chi connectivity index (χ2v) is 3.26. The molecule has 1 atom stereocenters. The van der Waals surface area contributed by atoms with Gasteiger partial charge in [-0.1, -0.05) is 24.3 Å². The molecule has 2 nitrogen and oxygen atoms in total. The largest absolute Gasteiger partial charge is 0.395 e. The first-order chi connectivity index (χ1) is 6.25. The SMILES string of the molecule is Cc1ccccc1[C@H](C)NCCO. The standard InChI is InChI=1S/C11H17NO/c1-9-5-3-4-6-11(9)10(2)12-7-8-13/h3-6,10,12-13H,7-8H2,1-2H3/t10-/m0/s1. The van der Waals surface area contributed by atoms with Gasteiger partial charge in [-0.05, 0) is 25.0 Å². The summed E-state index contributed by atoms with van der Waals surface area (Å²) < 4.78 is 0. The number of aliphatic hydroxyl groups excluding tert-OH is 1. The van der Waals surface area contributed by atoms with Crippen molar-refractivity contribution in [3.63, 3.8) is 0 Å². The molecule has 72 valence electrons. The molecule has 13 heavy (non-hydrogen) atoms. The summed E-state index contributed by atoms with van der Waals surface area (Å²) in [6.45, 7) is 5.05. The summed E-state index contributed by atoms with van der Waals surface area (Å²) in [5, 5.41) is 11.9. The summed E-state index contributed by atoms with van der Waals surface area (Å²) in [6.07, 6.45) is 0. The number of rotatable bonds is 4. The summed E-state index contributed by atoms with van der Waals surface area (Å²) in [5.74, 6) is 0. The molecule has 0 radical (unpaired) electrons. The molecule has 0 aromatic heterocycles. The first-order valence-electron chi connectivity index (χ1n) is 4.65. The third-order valence-corrected chi connectivity index (χ3v) is 2.22. The van der Waals surface area contributed by atoms with Gasteiger partial charge in [-0.2, -0.15) is 0 Å². The molecule has 1 aromatic rings. The van der Waals surface area contributed by atoms with E-state index in [1.165, 1.54) is 11.1 Å². The van der Waals surface area contributed by atoms with E-state index in [4.69, 9.17) is 5.11 Å². The number of benzene rings is 1. The van der Waals surface area contributed by atoms with Crippen molar-refractivity contribution in [3.8, 4) is 0 Å². The van der Waals surface area contributed by atoms with Gasteiger partial charge in [-0.25, -0.2) is 0 Å². The molecule has 0 aliphatic carbocycles. The Bertz CT molecular complexity index is 260. The maximum absolute atomic E-state index is 8.67. The normalized spacial score (nSPS) is 12.8. The van der Waals surface area contributed by atoms with Crippen molar-refractivity contribution in [2.45, 2.75) is 19.9 Å². The van der Waals surface area contributed by atoms with Crippen molar-refractivity contribution in [3.05, 3.63) is 35.4 Å². The van der Waals surface area contributed by atoms with Crippen molar-refractivity contribution >= 4 is 0 Å². The second kappa shape index (κ2) is 5.00. The van der Waals surface area contributed by atoms with Crippen LogP contribution in [0, 0.1) is 6.92 Å². The highest BCUT2D eigenvalue weighted by molar-refractivity contribution is 5.28. The lowest BCUT2D eigenvalue weighted by Crippen LogP contribution is -2.22. The molecule has 0 heterocycles. The molecule has 0 bridgehead atoms. The van der Waals surface area contributed by atoms with Gasteiger partial charge in [0.05, 0.1) is 6.61 Å². The fourth-order valence-electron chi connectivity index (χ4n) is 1.46. The predicted molar refractivity (Wildman–Crippen MR) is 54.7 cm³/mol.